The van der Waals surface area contributed by atoms with E-state index in [-0.39, 0.29) is 0 Å². The maximum Gasteiger partial charge on any atom is 0.133 e. The van der Waals surface area contributed by atoms with Crippen molar-refractivity contribution in [3.05, 3.63) is 6.62 Å². The molecule has 0 rings (SSSR count). The van der Waals surface area contributed by atoms with Crippen LogP contribution in [0.2, 0.25) is 0 Å². The summed E-state index contributed by atoms with van der Waals surface area (Å²) in [5.74, 6) is 0.693. The van der Waals surface area contributed by atoms with Crippen LogP contribution in [0.25, 0.3) is 0 Å². The smallest absolute Gasteiger partial charge is 0.133 e. The van der Waals surface area contributed by atoms with Gasteiger partial charge in [-0.15, -0.1) is 0 Å². The monoisotopic (exact) mass is 385 g/mol. The van der Waals surface area contributed by atoms with Gasteiger partial charge in [-0.25, -0.2) is 0 Å². The molecular formula is C4H2ClI2NS. The fourth-order valence-electron chi connectivity index (χ4n) is 0.150. The highest BCUT2D eigenvalue weighted by atomic mass is 127. The lowest BCUT2D eigenvalue weighted by atomic mass is 10.8. The highest BCUT2D eigenvalue weighted by molar-refractivity contribution is 14.1. The van der Waals surface area contributed by atoms with Crippen molar-refractivity contribution < 1.29 is 0 Å². The third-order valence-electron chi connectivity index (χ3n) is 0.469. The van der Waals surface area contributed by atoms with Gasteiger partial charge < -0.3 is 0 Å². The van der Waals surface area contributed by atoms with Crippen molar-refractivity contribution in [2.45, 2.75) is 0 Å². The number of rotatable bonds is 2. The van der Waals surface area contributed by atoms with E-state index >= 15 is 0 Å². The molecule has 0 aromatic rings. The zero-order chi connectivity index (χ0) is 7.28. The van der Waals surface area contributed by atoms with Gasteiger partial charge >= 0.3 is 0 Å². The van der Waals surface area contributed by atoms with Crippen molar-refractivity contribution in [2.75, 3.05) is 5.75 Å². The first-order valence-corrected chi connectivity index (χ1v) is 5.41. The van der Waals surface area contributed by atoms with Gasteiger partial charge in [0.2, 0.25) is 0 Å². The average Bonchev–Trinajstić information content (AvgIpc) is 1.82. The van der Waals surface area contributed by atoms with Crippen LogP contribution in [0.1, 0.15) is 0 Å². The zero-order valence-corrected chi connectivity index (χ0v) is 10.1. The Morgan fingerprint density at radius 3 is 2.56 bits per heavy atom. The Morgan fingerprint density at radius 1 is 1.67 bits per heavy atom. The van der Waals surface area contributed by atoms with Gasteiger partial charge in [0.25, 0.3) is 0 Å². The van der Waals surface area contributed by atoms with Crippen LogP contribution in [0.5, 0.6) is 0 Å². The molecule has 0 N–H and O–H groups in total. The predicted octanol–water partition coefficient (Wildman–Crippen LogP) is 3.48. The summed E-state index contributed by atoms with van der Waals surface area (Å²) >= 11 is 10.9. The normalized spacial score (nSPS) is 12.2. The standard InChI is InChI=1S/C4H2ClI2NS/c5-4(7)3(6)1-9-2-8/h1H2/b4-3+. The average molecular weight is 385 g/mol. The van der Waals surface area contributed by atoms with Gasteiger partial charge in [-0.05, 0) is 56.9 Å². The fraction of sp³-hybridized carbons (Fsp3) is 0.250. The number of hydrogen-bond acceptors (Lipinski definition) is 2. The second kappa shape index (κ2) is 6.07. The molecule has 0 aliphatic carbocycles. The van der Waals surface area contributed by atoms with Crippen LogP contribution in [0.15, 0.2) is 6.62 Å². The molecule has 0 fully saturated rings. The number of nitrogens with zero attached hydrogens (tertiary/aromatic N) is 1. The Morgan fingerprint density at radius 2 is 2.22 bits per heavy atom. The molecule has 1 nitrogen and oxygen atoms in total. The van der Waals surface area contributed by atoms with Gasteiger partial charge in [0, 0.05) is 9.33 Å². The van der Waals surface area contributed by atoms with Gasteiger partial charge in [-0.1, -0.05) is 11.6 Å². The van der Waals surface area contributed by atoms with Gasteiger partial charge in [0.05, 0.1) is 3.04 Å². The van der Waals surface area contributed by atoms with Crippen molar-refractivity contribution >= 4 is 68.5 Å². The minimum Gasteiger partial charge on any atom is -0.185 e. The summed E-state index contributed by atoms with van der Waals surface area (Å²) < 4.78 is 1.78. The van der Waals surface area contributed by atoms with E-state index in [1.807, 2.05) is 28.0 Å². The molecule has 50 valence electrons. The molecule has 0 aromatic carbocycles. The third-order valence-corrected chi connectivity index (χ3v) is 4.70. The summed E-state index contributed by atoms with van der Waals surface area (Å²) in [6.07, 6.45) is 0. The molecule has 0 radical (unpaired) electrons. The first-order valence-electron chi connectivity index (χ1n) is 1.89. The van der Waals surface area contributed by atoms with Crippen molar-refractivity contribution in [1.29, 1.82) is 5.26 Å². The molecule has 0 saturated carbocycles. The number of halogens is 3. The molecule has 0 bridgehead atoms. The SMILES string of the molecule is N#CSC/C(I)=C(/Cl)I. The highest BCUT2D eigenvalue weighted by Crippen LogP contribution is 2.25. The molecule has 0 atom stereocenters. The zero-order valence-electron chi connectivity index (χ0n) is 4.20. The molecule has 9 heavy (non-hydrogen) atoms. The van der Waals surface area contributed by atoms with E-state index in [0.29, 0.717) is 5.75 Å². The van der Waals surface area contributed by atoms with E-state index in [9.17, 15) is 0 Å². The van der Waals surface area contributed by atoms with E-state index in [1.165, 1.54) is 11.8 Å². The molecule has 0 spiro atoms. The Kier molecular flexibility index (Phi) is 6.96. The van der Waals surface area contributed by atoms with Crippen LogP contribution in [-0.4, -0.2) is 5.75 Å². The maximum atomic E-state index is 8.14. The lowest BCUT2D eigenvalue weighted by Crippen LogP contribution is -1.73. The minimum absolute atomic E-state index is 0.693. The van der Waals surface area contributed by atoms with Crippen LogP contribution < -0.4 is 0 Å². The summed E-state index contributed by atoms with van der Waals surface area (Å²) in [6, 6.07) is 0. The lowest BCUT2D eigenvalue weighted by Gasteiger charge is -1.90. The van der Waals surface area contributed by atoms with E-state index in [0.717, 1.165) is 6.62 Å². The van der Waals surface area contributed by atoms with Crippen LogP contribution in [0.3, 0.4) is 0 Å². The van der Waals surface area contributed by atoms with Crippen molar-refractivity contribution in [1.82, 2.24) is 0 Å². The Labute approximate surface area is 90.5 Å². The Bertz CT molecular complexity index is 158. The van der Waals surface area contributed by atoms with Crippen LogP contribution in [0, 0.1) is 10.7 Å². The molecule has 0 aliphatic rings. The fourth-order valence-corrected chi connectivity index (χ4v) is 1.55. The van der Waals surface area contributed by atoms with Gasteiger partial charge in [-0.2, -0.15) is 5.26 Å². The molecule has 5 heteroatoms. The molecule has 0 unspecified atom stereocenters. The van der Waals surface area contributed by atoms with Crippen LogP contribution in [0.4, 0.5) is 0 Å². The van der Waals surface area contributed by atoms with Gasteiger partial charge in [0.15, 0.2) is 0 Å². The first kappa shape index (κ1) is 10.3. The number of nitriles is 1. The topological polar surface area (TPSA) is 23.8 Å². The summed E-state index contributed by atoms with van der Waals surface area (Å²) in [5.41, 5.74) is 0. The predicted molar refractivity (Wildman–Crippen MR) is 59.0 cm³/mol. The van der Waals surface area contributed by atoms with Crippen molar-refractivity contribution in [3.63, 3.8) is 0 Å². The second-order valence-corrected chi connectivity index (χ2v) is 5.20. The molecule has 0 aliphatic heterocycles. The maximum absolute atomic E-state index is 8.14. The molecule has 0 saturated heterocycles. The largest absolute Gasteiger partial charge is 0.185 e. The molecular weight excluding hydrogens is 383 g/mol. The van der Waals surface area contributed by atoms with Crippen LogP contribution in [-0.2, 0) is 0 Å². The summed E-state index contributed by atoms with van der Waals surface area (Å²) in [5, 5.41) is 10.1. The Hall–Kier alpha value is 1.33. The summed E-state index contributed by atoms with van der Waals surface area (Å²) in [4.78, 5) is 0. The number of thiocyanates is 1. The van der Waals surface area contributed by atoms with Crippen molar-refractivity contribution in [2.24, 2.45) is 0 Å². The molecule has 0 heterocycles. The second-order valence-electron chi connectivity index (χ2n) is 1.05. The lowest BCUT2D eigenvalue weighted by molar-refractivity contribution is 1.57. The third kappa shape index (κ3) is 5.76. The number of thioether (sulfide) groups is 1. The first-order chi connectivity index (χ1) is 4.18. The number of hydrogen-bond donors (Lipinski definition) is 0. The summed E-state index contributed by atoms with van der Waals surface area (Å²) in [7, 11) is 0. The minimum atomic E-state index is 0.693. The highest BCUT2D eigenvalue weighted by Gasteiger charge is 1.95. The van der Waals surface area contributed by atoms with Crippen molar-refractivity contribution in [3.8, 4) is 5.40 Å². The van der Waals surface area contributed by atoms with Gasteiger partial charge in [-0.3, -0.25) is 0 Å². The van der Waals surface area contributed by atoms with Crippen LogP contribution >= 0.6 is 68.5 Å². The van der Waals surface area contributed by atoms with Gasteiger partial charge in [0.1, 0.15) is 5.40 Å². The van der Waals surface area contributed by atoms with E-state index in [4.69, 9.17) is 16.9 Å². The quantitative estimate of drug-likeness (QED) is 0.537. The van der Waals surface area contributed by atoms with E-state index in [2.05, 4.69) is 22.6 Å². The van der Waals surface area contributed by atoms with E-state index < -0.39 is 0 Å². The molecule has 0 aromatic heterocycles. The summed E-state index contributed by atoms with van der Waals surface area (Å²) in [6.45, 7) is 0. The molecule has 0 amide bonds. The Balaban J connectivity index is 3.67. The van der Waals surface area contributed by atoms with E-state index in [1.54, 1.807) is 0 Å².